The van der Waals surface area contributed by atoms with Gasteiger partial charge in [0.1, 0.15) is 6.33 Å². The van der Waals surface area contributed by atoms with E-state index >= 15 is 0 Å². The van der Waals surface area contributed by atoms with E-state index in [2.05, 4.69) is 10.1 Å². The summed E-state index contributed by atoms with van der Waals surface area (Å²) in [6, 6.07) is 9.26. The van der Waals surface area contributed by atoms with Crippen molar-refractivity contribution in [3.05, 3.63) is 71.7 Å². The topological polar surface area (TPSA) is 106 Å². The lowest BCUT2D eigenvalue weighted by Gasteiger charge is -2.23. The fourth-order valence-electron chi connectivity index (χ4n) is 2.78. The van der Waals surface area contributed by atoms with Crippen LogP contribution in [0.4, 0.5) is 32.0 Å². The maximum absolute atomic E-state index is 13.1. The molecule has 0 radical (unpaired) electrons. The number of hydrogen-bond acceptors (Lipinski definition) is 6. The second kappa shape index (κ2) is 8.51. The molecule has 32 heavy (non-hydrogen) atoms. The van der Waals surface area contributed by atoms with Crippen molar-refractivity contribution in [1.82, 2.24) is 14.8 Å². The Kier molecular flexibility index (Phi) is 6.14. The van der Waals surface area contributed by atoms with Gasteiger partial charge in [-0.15, -0.1) is 5.10 Å². The first-order valence-corrected chi connectivity index (χ1v) is 8.83. The Morgan fingerprint density at radius 3 is 2.03 bits per heavy atom. The fourth-order valence-corrected chi connectivity index (χ4v) is 2.78. The minimum atomic E-state index is -5.02. The second-order valence-corrected chi connectivity index (χ2v) is 6.52. The van der Waals surface area contributed by atoms with Crippen LogP contribution in [0.3, 0.4) is 0 Å². The van der Waals surface area contributed by atoms with Crippen molar-refractivity contribution in [2.45, 2.75) is 12.4 Å². The lowest BCUT2D eigenvalue weighted by molar-refractivity contribution is -0.143. The van der Waals surface area contributed by atoms with Crippen molar-refractivity contribution >= 4 is 11.5 Å². The molecule has 0 unspecified atom stereocenters. The van der Waals surface area contributed by atoms with E-state index in [1.807, 2.05) is 0 Å². The summed E-state index contributed by atoms with van der Waals surface area (Å²) >= 11 is 0. The number of hydrazine groups is 1. The number of aromatic nitrogens is 3. The molecule has 13 heteroatoms. The number of alkyl halides is 6. The second-order valence-electron chi connectivity index (χ2n) is 6.52. The van der Waals surface area contributed by atoms with Gasteiger partial charge < -0.3 is 10.8 Å². The lowest BCUT2D eigenvalue weighted by atomic mass is 10.0. The predicted molar refractivity (Wildman–Crippen MR) is 103 cm³/mol. The first-order valence-electron chi connectivity index (χ1n) is 8.83. The Labute approximate surface area is 177 Å². The van der Waals surface area contributed by atoms with E-state index < -0.39 is 41.5 Å². The van der Waals surface area contributed by atoms with E-state index in [9.17, 15) is 31.4 Å². The van der Waals surface area contributed by atoms with E-state index in [-0.39, 0.29) is 17.6 Å². The highest BCUT2D eigenvalue weighted by atomic mass is 19.4. The number of nitrogens with zero attached hydrogens (tertiary/aromatic N) is 4. The molecule has 3 rings (SSSR count). The van der Waals surface area contributed by atoms with Gasteiger partial charge in [-0.05, 0) is 30.3 Å². The lowest BCUT2D eigenvalue weighted by Crippen LogP contribution is -2.35. The molecule has 0 atom stereocenters. The fraction of sp³-hybridized carbons (Fsp3) is 0.158. The summed E-state index contributed by atoms with van der Waals surface area (Å²) in [5.74, 6) is 5.52. The summed E-state index contributed by atoms with van der Waals surface area (Å²) in [5.41, 5.74) is 2.53. The summed E-state index contributed by atoms with van der Waals surface area (Å²) in [6.07, 6.45) is -9.04. The van der Waals surface area contributed by atoms with Gasteiger partial charge in [0.05, 0.1) is 29.1 Å². The number of nitrogens with two attached hydrogens (primary N) is 2. The van der Waals surface area contributed by atoms with Gasteiger partial charge >= 0.3 is 12.4 Å². The molecular formula is C19H16F6N6O. The summed E-state index contributed by atoms with van der Waals surface area (Å²) in [7, 11) is 0. The number of anilines is 1. The van der Waals surface area contributed by atoms with Crippen LogP contribution in [0.5, 0.6) is 0 Å². The first-order chi connectivity index (χ1) is 14.9. The van der Waals surface area contributed by atoms with Crippen LogP contribution in [0, 0.1) is 0 Å². The Bertz CT molecular complexity index is 1090. The molecule has 0 aliphatic rings. The number of aliphatic hydroxyl groups excluding tert-OH is 1. The van der Waals surface area contributed by atoms with Gasteiger partial charge in [0, 0.05) is 5.56 Å². The van der Waals surface area contributed by atoms with Gasteiger partial charge in [0.15, 0.2) is 11.6 Å². The summed E-state index contributed by atoms with van der Waals surface area (Å²) in [6.45, 7) is -0.660. The van der Waals surface area contributed by atoms with Gasteiger partial charge in [-0.3, -0.25) is 5.01 Å². The number of rotatable bonds is 5. The van der Waals surface area contributed by atoms with Crippen LogP contribution in [0.2, 0.25) is 0 Å². The van der Waals surface area contributed by atoms with Crippen molar-refractivity contribution in [2.75, 3.05) is 11.6 Å². The highest BCUT2D eigenvalue weighted by molar-refractivity contribution is 5.69. The standard InChI is InChI=1S/C19H16F6N6O/c20-18(21,22)12-6-11(7-13(8-12)19(23,24)25)16-28-10-30(29-16)17(15(26)9-32)31(27)14-4-2-1-3-5-14/h1-8,10,32H,9,26-27H2/b17-15-. The van der Waals surface area contributed by atoms with Gasteiger partial charge in [0.25, 0.3) is 0 Å². The maximum Gasteiger partial charge on any atom is 0.416 e. The van der Waals surface area contributed by atoms with Crippen LogP contribution < -0.4 is 16.6 Å². The van der Waals surface area contributed by atoms with Crippen molar-refractivity contribution < 1.29 is 31.4 Å². The summed E-state index contributed by atoms with van der Waals surface area (Å²) in [4.78, 5) is 3.81. The SMILES string of the molecule is N/C(CO)=C(\N(N)c1ccccc1)n1cnc(-c2cc(C(F)(F)F)cc(C(F)(F)F)c2)n1. The van der Waals surface area contributed by atoms with Crippen LogP contribution in [0.25, 0.3) is 17.2 Å². The van der Waals surface area contributed by atoms with Crippen LogP contribution in [0.1, 0.15) is 11.1 Å². The molecule has 2 aromatic carbocycles. The van der Waals surface area contributed by atoms with Gasteiger partial charge in [-0.1, -0.05) is 18.2 Å². The Morgan fingerprint density at radius 1 is 0.969 bits per heavy atom. The van der Waals surface area contributed by atoms with Gasteiger partial charge in [-0.25, -0.2) is 15.5 Å². The smallest absolute Gasteiger partial charge is 0.397 e. The summed E-state index contributed by atoms with van der Waals surface area (Å²) in [5, 5.41) is 14.4. The first kappa shape index (κ1) is 23.1. The average Bonchev–Trinajstić information content (AvgIpc) is 3.22. The molecule has 0 bridgehead atoms. The number of para-hydroxylation sites is 1. The number of halogens is 6. The van der Waals surface area contributed by atoms with E-state index in [1.165, 1.54) is 0 Å². The zero-order valence-corrected chi connectivity index (χ0v) is 16.1. The molecule has 0 aliphatic heterocycles. The van der Waals surface area contributed by atoms with E-state index in [0.29, 0.717) is 17.8 Å². The third kappa shape index (κ3) is 4.84. The predicted octanol–water partition coefficient (Wildman–Crippen LogP) is 3.44. The maximum atomic E-state index is 13.1. The normalized spacial score (nSPS) is 13.1. The zero-order chi connectivity index (χ0) is 23.7. The van der Waals surface area contributed by atoms with Crippen molar-refractivity contribution in [3.63, 3.8) is 0 Å². The largest absolute Gasteiger partial charge is 0.416 e. The number of aliphatic hydroxyl groups is 1. The average molecular weight is 458 g/mol. The Balaban J connectivity index is 2.11. The van der Waals surface area contributed by atoms with Gasteiger partial charge in [-0.2, -0.15) is 26.3 Å². The third-order valence-corrected chi connectivity index (χ3v) is 4.27. The van der Waals surface area contributed by atoms with Crippen molar-refractivity contribution in [2.24, 2.45) is 11.6 Å². The molecule has 170 valence electrons. The molecule has 7 nitrogen and oxygen atoms in total. The van der Waals surface area contributed by atoms with Crippen LogP contribution in [-0.2, 0) is 12.4 Å². The third-order valence-electron chi connectivity index (χ3n) is 4.27. The Hall–Kier alpha value is -3.58. The minimum Gasteiger partial charge on any atom is -0.397 e. The molecule has 0 fully saturated rings. The molecule has 0 spiro atoms. The number of hydrogen-bond donors (Lipinski definition) is 3. The molecule has 1 heterocycles. The Morgan fingerprint density at radius 2 is 1.53 bits per heavy atom. The van der Waals surface area contributed by atoms with Crippen molar-refractivity contribution in [3.8, 4) is 11.4 Å². The molecule has 5 N–H and O–H groups in total. The van der Waals surface area contributed by atoms with E-state index in [0.717, 1.165) is 16.0 Å². The monoisotopic (exact) mass is 458 g/mol. The van der Waals surface area contributed by atoms with Crippen LogP contribution >= 0.6 is 0 Å². The summed E-state index contributed by atoms with van der Waals surface area (Å²) < 4.78 is 79.8. The molecular weight excluding hydrogens is 442 g/mol. The van der Waals surface area contributed by atoms with E-state index in [4.69, 9.17) is 11.6 Å². The van der Waals surface area contributed by atoms with Crippen LogP contribution in [0.15, 0.2) is 60.6 Å². The van der Waals surface area contributed by atoms with E-state index in [1.54, 1.807) is 30.3 Å². The van der Waals surface area contributed by atoms with Crippen LogP contribution in [-0.4, -0.2) is 26.5 Å². The highest BCUT2D eigenvalue weighted by Gasteiger charge is 2.37. The van der Waals surface area contributed by atoms with Gasteiger partial charge in [0.2, 0.25) is 0 Å². The zero-order valence-electron chi connectivity index (χ0n) is 16.1. The quantitative estimate of drug-likeness (QED) is 0.307. The molecule has 0 saturated heterocycles. The molecule has 0 aliphatic carbocycles. The molecule has 3 aromatic rings. The molecule has 0 amide bonds. The number of benzene rings is 2. The minimum absolute atomic E-state index is 0.00654. The highest BCUT2D eigenvalue weighted by Crippen LogP contribution is 2.38. The molecule has 1 aromatic heterocycles. The van der Waals surface area contributed by atoms with Crippen molar-refractivity contribution in [1.29, 1.82) is 0 Å². The molecule has 0 saturated carbocycles.